The Morgan fingerprint density at radius 3 is 2.70 bits per heavy atom. The number of nitrogens with one attached hydrogen (secondary N) is 1. The molecule has 20 heavy (non-hydrogen) atoms. The lowest BCUT2D eigenvalue weighted by atomic mass is 9.95. The van der Waals surface area contributed by atoms with Gasteiger partial charge in [-0.1, -0.05) is 15.9 Å². The smallest absolute Gasteiger partial charge is 0.123 e. The molecular weight excluding hydrogens is 323 g/mol. The molecule has 0 radical (unpaired) electrons. The fourth-order valence-electron chi connectivity index (χ4n) is 3.28. The Labute approximate surface area is 127 Å². The highest BCUT2D eigenvalue weighted by molar-refractivity contribution is 9.10. The van der Waals surface area contributed by atoms with Crippen molar-refractivity contribution in [1.82, 2.24) is 15.2 Å². The number of fused-ring (bicyclic) bond motifs is 3. The Hall–Kier alpha value is -0.530. The van der Waals surface area contributed by atoms with Gasteiger partial charge in [0.15, 0.2) is 0 Å². The summed E-state index contributed by atoms with van der Waals surface area (Å²) in [4.78, 5) is 4.98. The minimum atomic E-state index is -0.201. The van der Waals surface area contributed by atoms with Crippen LogP contribution in [0.1, 0.15) is 5.56 Å². The topological polar surface area (TPSA) is 44.5 Å². The molecule has 110 valence electrons. The molecule has 1 aromatic rings. The molecule has 2 atom stereocenters. The Balaban J connectivity index is 1.75. The van der Waals surface area contributed by atoms with Gasteiger partial charge in [-0.05, 0) is 30.2 Å². The molecule has 0 amide bonds. The molecule has 0 spiro atoms. The van der Waals surface area contributed by atoms with Crippen LogP contribution in [0.2, 0.25) is 0 Å². The van der Waals surface area contributed by atoms with Crippen molar-refractivity contribution in [2.75, 3.05) is 32.7 Å². The molecule has 3 N–H and O–H groups in total. The van der Waals surface area contributed by atoms with Crippen molar-refractivity contribution in [1.29, 1.82) is 0 Å². The molecule has 6 heteroatoms. The van der Waals surface area contributed by atoms with Crippen molar-refractivity contribution in [3.63, 3.8) is 0 Å². The molecule has 0 aliphatic carbocycles. The van der Waals surface area contributed by atoms with Gasteiger partial charge < -0.3 is 0 Å². The number of hydrazine groups is 1. The predicted molar refractivity (Wildman–Crippen MR) is 80.7 cm³/mol. The van der Waals surface area contributed by atoms with E-state index in [0.29, 0.717) is 6.04 Å². The second-order valence-corrected chi connectivity index (χ2v) is 6.47. The zero-order chi connectivity index (χ0) is 14.1. The van der Waals surface area contributed by atoms with E-state index in [0.717, 1.165) is 49.2 Å². The van der Waals surface area contributed by atoms with Crippen molar-refractivity contribution >= 4 is 15.9 Å². The van der Waals surface area contributed by atoms with E-state index in [1.54, 1.807) is 12.1 Å². The van der Waals surface area contributed by atoms with Gasteiger partial charge in [-0.25, -0.2) is 4.39 Å². The van der Waals surface area contributed by atoms with E-state index in [-0.39, 0.29) is 11.9 Å². The quantitative estimate of drug-likeness (QED) is 0.632. The highest BCUT2D eigenvalue weighted by atomic mass is 79.9. The third kappa shape index (κ3) is 2.89. The number of nitrogens with two attached hydrogens (primary N) is 1. The molecule has 2 bridgehead atoms. The lowest BCUT2D eigenvalue weighted by Crippen LogP contribution is -2.67. The zero-order valence-electron chi connectivity index (χ0n) is 11.4. The number of halogens is 2. The number of hydrogen-bond donors (Lipinski definition) is 2. The van der Waals surface area contributed by atoms with Gasteiger partial charge in [0.1, 0.15) is 5.82 Å². The van der Waals surface area contributed by atoms with Crippen molar-refractivity contribution in [2.45, 2.75) is 18.5 Å². The number of piperazine rings is 3. The van der Waals surface area contributed by atoms with Crippen molar-refractivity contribution < 1.29 is 4.39 Å². The Morgan fingerprint density at radius 2 is 2.10 bits per heavy atom. The normalized spacial score (nSPS) is 30.4. The lowest BCUT2D eigenvalue weighted by Gasteiger charge is -2.50. The van der Waals surface area contributed by atoms with E-state index in [4.69, 9.17) is 5.84 Å². The summed E-state index contributed by atoms with van der Waals surface area (Å²) in [5.41, 5.74) is 3.90. The second kappa shape index (κ2) is 6.07. The maximum atomic E-state index is 13.4. The van der Waals surface area contributed by atoms with Gasteiger partial charge in [-0.3, -0.25) is 21.1 Å². The van der Waals surface area contributed by atoms with Crippen LogP contribution in [0.15, 0.2) is 22.7 Å². The molecule has 4 rings (SSSR count). The molecule has 0 saturated carbocycles. The third-order valence-electron chi connectivity index (χ3n) is 4.45. The first-order valence-electron chi connectivity index (χ1n) is 7.04. The average molecular weight is 343 g/mol. The summed E-state index contributed by atoms with van der Waals surface area (Å²) < 4.78 is 14.3. The molecule has 3 heterocycles. The van der Waals surface area contributed by atoms with Gasteiger partial charge in [-0.15, -0.1) is 0 Å². The number of benzene rings is 1. The molecule has 3 saturated heterocycles. The maximum absolute atomic E-state index is 13.4. The van der Waals surface area contributed by atoms with Crippen LogP contribution in [-0.4, -0.2) is 54.6 Å². The van der Waals surface area contributed by atoms with E-state index in [1.165, 1.54) is 6.07 Å². The van der Waals surface area contributed by atoms with Crippen molar-refractivity contribution in [3.8, 4) is 0 Å². The Kier molecular flexibility index (Phi) is 4.37. The summed E-state index contributed by atoms with van der Waals surface area (Å²) in [6.07, 6.45) is 0.726. The monoisotopic (exact) mass is 342 g/mol. The largest absolute Gasteiger partial charge is 0.299 e. The van der Waals surface area contributed by atoms with Gasteiger partial charge in [0, 0.05) is 49.3 Å². The van der Waals surface area contributed by atoms with Crippen LogP contribution in [-0.2, 0) is 6.42 Å². The zero-order valence-corrected chi connectivity index (χ0v) is 12.9. The SMILES string of the molecule is NNC(Cc1cc(F)ccc1Br)C1CN2CCN1CC2. The van der Waals surface area contributed by atoms with Gasteiger partial charge in [0.2, 0.25) is 0 Å². The molecule has 4 nitrogen and oxygen atoms in total. The molecule has 3 aliphatic heterocycles. The summed E-state index contributed by atoms with van der Waals surface area (Å²) in [6.45, 7) is 5.55. The van der Waals surface area contributed by atoms with E-state index in [2.05, 4.69) is 31.2 Å². The van der Waals surface area contributed by atoms with Gasteiger partial charge in [0.05, 0.1) is 0 Å². The Morgan fingerprint density at radius 1 is 1.35 bits per heavy atom. The van der Waals surface area contributed by atoms with Gasteiger partial charge in [0.25, 0.3) is 0 Å². The van der Waals surface area contributed by atoms with Crippen molar-refractivity contribution in [2.24, 2.45) is 5.84 Å². The average Bonchev–Trinajstić information content (AvgIpc) is 2.49. The predicted octanol–water partition coefficient (Wildman–Crippen LogP) is 0.962. The molecule has 3 fully saturated rings. The van der Waals surface area contributed by atoms with E-state index in [9.17, 15) is 4.39 Å². The molecule has 3 aliphatic rings. The Bertz CT molecular complexity index is 476. The standard InChI is InChI=1S/C14H20BrFN4/c15-12-2-1-11(16)7-10(12)8-13(18-17)14-9-19-3-5-20(14)6-4-19/h1-2,7,13-14,18H,3-6,8-9,17H2. The fourth-order valence-corrected chi connectivity index (χ4v) is 3.69. The molecular formula is C14H20BrFN4. The fraction of sp³-hybridized carbons (Fsp3) is 0.571. The van der Waals surface area contributed by atoms with Gasteiger partial charge >= 0.3 is 0 Å². The van der Waals surface area contributed by atoms with Crippen molar-refractivity contribution in [3.05, 3.63) is 34.1 Å². The maximum Gasteiger partial charge on any atom is 0.123 e. The van der Waals surface area contributed by atoms with Crippen LogP contribution in [0.25, 0.3) is 0 Å². The number of hydrogen-bond acceptors (Lipinski definition) is 4. The third-order valence-corrected chi connectivity index (χ3v) is 5.22. The summed E-state index contributed by atoms with van der Waals surface area (Å²) in [7, 11) is 0. The minimum absolute atomic E-state index is 0.135. The van der Waals surface area contributed by atoms with Crippen LogP contribution in [0, 0.1) is 5.82 Å². The first-order valence-corrected chi connectivity index (χ1v) is 7.83. The van der Waals surface area contributed by atoms with Crippen LogP contribution in [0.4, 0.5) is 4.39 Å². The minimum Gasteiger partial charge on any atom is -0.299 e. The molecule has 2 unspecified atom stereocenters. The number of nitrogens with zero attached hydrogens (tertiary/aromatic N) is 2. The first-order chi connectivity index (χ1) is 9.67. The van der Waals surface area contributed by atoms with E-state index in [1.807, 2.05) is 0 Å². The second-order valence-electron chi connectivity index (χ2n) is 5.62. The highest BCUT2D eigenvalue weighted by Gasteiger charge is 2.36. The van der Waals surface area contributed by atoms with Crippen LogP contribution >= 0.6 is 15.9 Å². The lowest BCUT2D eigenvalue weighted by molar-refractivity contribution is -0.00317. The van der Waals surface area contributed by atoms with E-state index >= 15 is 0 Å². The van der Waals surface area contributed by atoms with Gasteiger partial charge in [-0.2, -0.15) is 0 Å². The summed E-state index contributed by atoms with van der Waals surface area (Å²) in [6, 6.07) is 5.35. The first kappa shape index (κ1) is 14.4. The van der Waals surface area contributed by atoms with Crippen LogP contribution in [0.5, 0.6) is 0 Å². The van der Waals surface area contributed by atoms with Crippen LogP contribution < -0.4 is 11.3 Å². The van der Waals surface area contributed by atoms with Crippen LogP contribution in [0.3, 0.4) is 0 Å². The summed E-state index contributed by atoms with van der Waals surface area (Å²) in [5.74, 6) is 5.57. The summed E-state index contributed by atoms with van der Waals surface area (Å²) >= 11 is 3.49. The number of rotatable bonds is 4. The highest BCUT2D eigenvalue weighted by Crippen LogP contribution is 2.24. The molecule has 0 aromatic heterocycles. The van der Waals surface area contributed by atoms with E-state index < -0.39 is 0 Å². The summed E-state index contributed by atoms with van der Waals surface area (Å²) in [5, 5.41) is 0. The molecule has 1 aromatic carbocycles.